The van der Waals surface area contributed by atoms with E-state index >= 15 is 0 Å². The van der Waals surface area contributed by atoms with E-state index in [1.807, 2.05) is 23.6 Å². The van der Waals surface area contributed by atoms with Gasteiger partial charge < -0.3 is 14.4 Å². The highest BCUT2D eigenvalue weighted by atomic mass is 32.2. The van der Waals surface area contributed by atoms with E-state index in [4.69, 9.17) is 9.84 Å². The molecule has 1 aromatic carbocycles. The van der Waals surface area contributed by atoms with E-state index in [0.29, 0.717) is 24.7 Å². The Kier molecular flexibility index (Phi) is 7.06. The van der Waals surface area contributed by atoms with Crippen molar-refractivity contribution >= 4 is 17.7 Å². The van der Waals surface area contributed by atoms with Crippen molar-refractivity contribution in [1.82, 2.24) is 14.8 Å². The van der Waals surface area contributed by atoms with Gasteiger partial charge in [0.15, 0.2) is 5.16 Å². The average molecular weight is 361 g/mol. The summed E-state index contributed by atoms with van der Waals surface area (Å²) in [6, 6.07) is 6.13. The van der Waals surface area contributed by atoms with Crippen LogP contribution >= 0.6 is 11.8 Å². The summed E-state index contributed by atoms with van der Waals surface area (Å²) in [6.45, 7) is 8.98. The molecule has 0 aliphatic carbocycles. The standard InChI is InChI=1S/C18H23N3O3S/c1-4-9-21-16(19-20-18(21)25-12-17(22)23)6-5-10-24-15-8-7-13(2)11-14(15)3/h4,7-8,11H,1,5-6,9-10,12H2,2-3H3,(H,22,23). The third-order valence-electron chi connectivity index (χ3n) is 3.56. The highest BCUT2D eigenvalue weighted by Gasteiger charge is 2.13. The topological polar surface area (TPSA) is 77.2 Å². The van der Waals surface area contributed by atoms with Crippen LogP contribution in [-0.2, 0) is 17.8 Å². The largest absolute Gasteiger partial charge is 0.493 e. The number of thioether (sulfide) groups is 1. The van der Waals surface area contributed by atoms with E-state index in [0.717, 1.165) is 23.6 Å². The van der Waals surface area contributed by atoms with E-state index in [9.17, 15) is 4.79 Å². The number of rotatable bonds is 10. The first-order valence-electron chi connectivity index (χ1n) is 8.09. The molecule has 0 aliphatic rings. The first-order chi connectivity index (χ1) is 12.0. The van der Waals surface area contributed by atoms with Gasteiger partial charge >= 0.3 is 5.97 Å². The van der Waals surface area contributed by atoms with Gasteiger partial charge in [0.2, 0.25) is 0 Å². The Bertz CT molecular complexity index is 743. The van der Waals surface area contributed by atoms with Crippen LogP contribution in [0, 0.1) is 13.8 Å². The van der Waals surface area contributed by atoms with Gasteiger partial charge in [-0.1, -0.05) is 35.5 Å². The van der Waals surface area contributed by atoms with Gasteiger partial charge in [0.1, 0.15) is 11.6 Å². The lowest BCUT2D eigenvalue weighted by Crippen LogP contribution is -2.08. The molecule has 0 atom stereocenters. The molecule has 0 unspecified atom stereocenters. The maximum atomic E-state index is 10.7. The molecule has 0 fully saturated rings. The molecule has 0 radical (unpaired) electrons. The molecule has 0 bridgehead atoms. The van der Waals surface area contributed by atoms with E-state index < -0.39 is 5.97 Å². The minimum Gasteiger partial charge on any atom is -0.493 e. The number of allylic oxidation sites excluding steroid dienone is 1. The second-order valence-electron chi connectivity index (χ2n) is 5.70. The number of hydrogen-bond acceptors (Lipinski definition) is 5. The van der Waals surface area contributed by atoms with Crippen molar-refractivity contribution < 1.29 is 14.6 Å². The SMILES string of the molecule is C=CCn1c(CCCOc2ccc(C)cc2C)nnc1SCC(=O)O. The first kappa shape index (κ1) is 19.1. The molecule has 1 aromatic heterocycles. The van der Waals surface area contributed by atoms with Crippen LogP contribution < -0.4 is 4.74 Å². The van der Waals surface area contributed by atoms with Crippen molar-refractivity contribution in [3.63, 3.8) is 0 Å². The quantitative estimate of drug-likeness (QED) is 0.398. The molecule has 134 valence electrons. The zero-order valence-corrected chi connectivity index (χ0v) is 15.4. The second-order valence-corrected chi connectivity index (χ2v) is 6.64. The molecule has 0 spiro atoms. The first-order valence-corrected chi connectivity index (χ1v) is 9.07. The molecule has 2 rings (SSSR count). The molecule has 0 saturated carbocycles. The van der Waals surface area contributed by atoms with Crippen LogP contribution in [0.1, 0.15) is 23.4 Å². The normalized spacial score (nSPS) is 10.6. The fourth-order valence-electron chi connectivity index (χ4n) is 2.42. The molecular weight excluding hydrogens is 338 g/mol. The summed E-state index contributed by atoms with van der Waals surface area (Å²) in [5.74, 6) is 0.805. The van der Waals surface area contributed by atoms with E-state index in [1.165, 1.54) is 17.3 Å². The van der Waals surface area contributed by atoms with Gasteiger partial charge in [-0.2, -0.15) is 0 Å². The Hall–Kier alpha value is -2.28. The number of benzene rings is 1. The molecule has 6 nitrogen and oxygen atoms in total. The van der Waals surface area contributed by atoms with E-state index in [-0.39, 0.29) is 5.75 Å². The lowest BCUT2D eigenvalue weighted by Gasteiger charge is -2.10. The zero-order valence-electron chi connectivity index (χ0n) is 14.6. The number of carbonyl (C=O) groups is 1. The lowest BCUT2D eigenvalue weighted by atomic mass is 10.1. The Balaban J connectivity index is 1.91. The van der Waals surface area contributed by atoms with Crippen molar-refractivity contribution in [3.8, 4) is 5.75 Å². The van der Waals surface area contributed by atoms with Crippen LogP contribution in [0.3, 0.4) is 0 Å². The molecule has 2 aromatic rings. The molecular formula is C18H23N3O3S. The van der Waals surface area contributed by atoms with Gasteiger partial charge in [-0.25, -0.2) is 0 Å². The summed E-state index contributed by atoms with van der Waals surface area (Å²) in [5.41, 5.74) is 2.34. The number of carboxylic acids is 1. The van der Waals surface area contributed by atoms with Gasteiger partial charge in [-0.3, -0.25) is 4.79 Å². The minimum absolute atomic E-state index is 0.0366. The molecule has 1 heterocycles. The number of nitrogens with zero attached hydrogens (tertiary/aromatic N) is 3. The number of aromatic nitrogens is 3. The Morgan fingerprint density at radius 3 is 2.88 bits per heavy atom. The second kappa shape index (κ2) is 9.27. The molecule has 0 amide bonds. The monoisotopic (exact) mass is 361 g/mol. The molecule has 7 heteroatoms. The molecule has 1 N–H and O–H groups in total. The Labute approximate surface area is 151 Å². The van der Waals surface area contributed by atoms with Crippen LogP contribution in [0.15, 0.2) is 36.0 Å². The van der Waals surface area contributed by atoms with Crippen molar-refractivity contribution in [1.29, 1.82) is 0 Å². The van der Waals surface area contributed by atoms with Gasteiger partial charge in [0.25, 0.3) is 0 Å². The average Bonchev–Trinajstić information content (AvgIpc) is 2.94. The summed E-state index contributed by atoms with van der Waals surface area (Å²) in [5, 5.41) is 17.7. The highest BCUT2D eigenvalue weighted by Crippen LogP contribution is 2.20. The van der Waals surface area contributed by atoms with Gasteiger partial charge in [-0.15, -0.1) is 16.8 Å². The summed E-state index contributed by atoms with van der Waals surface area (Å²) in [4.78, 5) is 10.7. The maximum Gasteiger partial charge on any atom is 0.313 e. The van der Waals surface area contributed by atoms with Crippen LogP contribution in [0.2, 0.25) is 0 Å². The van der Waals surface area contributed by atoms with Crippen LogP contribution in [0.25, 0.3) is 0 Å². The number of hydrogen-bond donors (Lipinski definition) is 1. The summed E-state index contributed by atoms with van der Waals surface area (Å²) >= 11 is 1.17. The highest BCUT2D eigenvalue weighted by molar-refractivity contribution is 7.99. The fraction of sp³-hybridized carbons (Fsp3) is 0.389. The fourth-order valence-corrected chi connectivity index (χ4v) is 3.11. The van der Waals surface area contributed by atoms with Crippen molar-refractivity contribution in [3.05, 3.63) is 47.8 Å². The van der Waals surface area contributed by atoms with E-state index in [2.05, 4.69) is 29.8 Å². The van der Waals surface area contributed by atoms with Crippen LogP contribution in [0.5, 0.6) is 5.75 Å². The number of aryl methyl sites for hydroxylation is 3. The number of carboxylic acid groups (broad SMARTS) is 1. The van der Waals surface area contributed by atoms with Crippen molar-refractivity contribution in [2.45, 2.75) is 38.4 Å². The Morgan fingerprint density at radius 1 is 1.40 bits per heavy atom. The lowest BCUT2D eigenvalue weighted by molar-refractivity contribution is -0.133. The molecule has 25 heavy (non-hydrogen) atoms. The third kappa shape index (κ3) is 5.63. The predicted octanol–water partition coefficient (Wildman–Crippen LogP) is 3.27. The molecule has 0 saturated heterocycles. The predicted molar refractivity (Wildman–Crippen MR) is 98.3 cm³/mol. The van der Waals surface area contributed by atoms with Crippen LogP contribution in [0.4, 0.5) is 0 Å². The summed E-state index contributed by atoms with van der Waals surface area (Å²) < 4.78 is 7.74. The third-order valence-corrected chi connectivity index (χ3v) is 4.51. The zero-order chi connectivity index (χ0) is 18.2. The molecule has 0 aliphatic heterocycles. The van der Waals surface area contributed by atoms with Gasteiger partial charge in [0, 0.05) is 13.0 Å². The van der Waals surface area contributed by atoms with Gasteiger partial charge in [-0.05, 0) is 31.9 Å². The van der Waals surface area contributed by atoms with Gasteiger partial charge in [0.05, 0.1) is 12.4 Å². The van der Waals surface area contributed by atoms with E-state index in [1.54, 1.807) is 6.08 Å². The maximum absolute atomic E-state index is 10.7. The summed E-state index contributed by atoms with van der Waals surface area (Å²) in [7, 11) is 0. The summed E-state index contributed by atoms with van der Waals surface area (Å²) in [6.07, 6.45) is 3.26. The number of ether oxygens (including phenoxy) is 1. The van der Waals surface area contributed by atoms with Crippen molar-refractivity contribution in [2.75, 3.05) is 12.4 Å². The minimum atomic E-state index is -0.874. The van der Waals surface area contributed by atoms with Crippen molar-refractivity contribution in [2.24, 2.45) is 0 Å². The number of aliphatic carboxylic acids is 1. The smallest absolute Gasteiger partial charge is 0.313 e. The Morgan fingerprint density at radius 2 is 2.20 bits per heavy atom. The van der Waals surface area contributed by atoms with Crippen LogP contribution in [-0.4, -0.2) is 38.2 Å².